The van der Waals surface area contributed by atoms with Crippen LogP contribution in [0.1, 0.15) is 32.0 Å². The fraction of sp³-hybridized carbons (Fsp3) is 0.308. The van der Waals surface area contributed by atoms with E-state index in [0.717, 1.165) is 18.2 Å². The lowest BCUT2D eigenvalue weighted by Gasteiger charge is -2.56. The van der Waals surface area contributed by atoms with Crippen LogP contribution in [0.4, 0.5) is 5.69 Å². The number of carbonyl (C=O) groups excluding carboxylic acids is 2. The molecular formula is C26H29N5O6. The molecule has 37 heavy (non-hydrogen) atoms. The Kier molecular flexibility index (Phi) is 6.20. The molecule has 0 saturated carbocycles. The predicted molar refractivity (Wildman–Crippen MR) is 134 cm³/mol. The molecule has 2 amide bonds. The zero-order valence-electron chi connectivity index (χ0n) is 21.2. The van der Waals surface area contributed by atoms with Gasteiger partial charge in [0.1, 0.15) is 5.70 Å². The van der Waals surface area contributed by atoms with Crippen LogP contribution >= 0.6 is 0 Å². The molecule has 1 spiro atoms. The Labute approximate surface area is 214 Å². The summed E-state index contributed by atoms with van der Waals surface area (Å²) in [5.41, 5.74) is 0.548. The highest BCUT2D eigenvalue weighted by atomic mass is 16.7. The molecule has 5 rings (SSSR count). The SMILES string of the molecule is C=CC(C)(C)[C@]12C=C(OC)C(=O)N3/C(=C/c4c[nH]cn4)C(=O)N[C@@]31N(OC)c1ccccc12.CC(=O)O. The Morgan fingerprint density at radius 3 is 2.49 bits per heavy atom. The number of benzene rings is 1. The first-order valence-electron chi connectivity index (χ1n) is 11.4. The molecule has 3 aliphatic rings. The van der Waals surface area contributed by atoms with Crippen molar-refractivity contribution in [3.8, 4) is 0 Å². The molecule has 1 aromatic heterocycles. The van der Waals surface area contributed by atoms with Crippen molar-refractivity contribution in [1.82, 2.24) is 20.2 Å². The summed E-state index contributed by atoms with van der Waals surface area (Å²) in [5, 5.41) is 12.1. The van der Waals surface area contributed by atoms with Gasteiger partial charge in [0.05, 0.1) is 37.3 Å². The number of allylic oxidation sites excluding steroid dienone is 1. The van der Waals surface area contributed by atoms with E-state index in [1.807, 2.05) is 44.2 Å². The van der Waals surface area contributed by atoms with Gasteiger partial charge in [0.15, 0.2) is 5.76 Å². The Bertz CT molecular complexity index is 1330. The van der Waals surface area contributed by atoms with Gasteiger partial charge in [-0.15, -0.1) is 6.58 Å². The first-order valence-corrected chi connectivity index (χ1v) is 11.4. The van der Waals surface area contributed by atoms with Gasteiger partial charge in [0.25, 0.3) is 17.8 Å². The van der Waals surface area contributed by atoms with Crippen LogP contribution in [0, 0.1) is 5.41 Å². The van der Waals surface area contributed by atoms with Crippen molar-refractivity contribution in [2.45, 2.75) is 32.0 Å². The van der Waals surface area contributed by atoms with Gasteiger partial charge in [0.2, 0.25) is 5.79 Å². The van der Waals surface area contributed by atoms with E-state index in [4.69, 9.17) is 19.5 Å². The molecule has 3 N–H and O–H groups in total. The van der Waals surface area contributed by atoms with Gasteiger partial charge in [-0.2, -0.15) is 0 Å². The number of ether oxygens (including phenoxy) is 1. The number of methoxy groups -OCH3 is 1. The van der Waals surface area contributed by atoms with Crippen molar-refractivity contribution in [2.24, 2.45) is 5.41 Å². The van der Waals surface area contributed by atoms with Crippen molar-refractivity contribution in [2.75, 3.05) is 19.3 Å². The van der Waals surface area contributed by atoms with E-state index in [9.17, 15) is 9.59 Å². The van der Waals surface area contributed by atoms with Gasteiger partial charge in [0, 0.05) is 18.5 Å². The number of nitrogens with one attached hydrogen (secondary N) is 2. The van der Waals surface area contributed by atoms with Crippen molar-refractivity contribution in [1.29, 1.82) is 0 Å². The van der Waals surface area contributed by atoms with E-state index in [1.54, 1.807) is 23.4 Å². The molecule has 3 aliphatic heterocycles. The zero-order chi connectivity index (χ0) is 27.2. The number of anilines is 1. The Morgan fingerprint density at radius 1 is 1.24 bits per heavy atom. The second-order valence-electron chi connectivity index (χ2n) is 9.25. The molecule has 1 saturated heterocycles. The largest absolute Gasteiger partial charge is 0.491 e. The standard InChI is InChI=1S/C24H25N5O4.C2H4O2/c1-6-22(2,3)23-12-19(32-4)21(31)28-18(11-15-13-25-14-26-15)20(30)27-24(23,28)29(33-5)17-10-8-7-9-16(17)23;1-2(3)4/h6-14H,1H2,2-5H3,(H,25,26)(H,27,30);1H3,(H,3,4)/b18-11+;/t23-,24-;/m1./s1. The summed E-state index contributed by atoms with van der Waals surface area (Å²) < 4.78 is 5.57. The number of hydrogen-bond acceptors (Lipinski definition) is 7. The lowest BCUT2D eigenvalue weighted by atomic mass is 9.57. The van der Waals surface area contributed by atoms with E-state index in [-0.39, 0.29) is 11.5 Å². The molecule has 0 bridgehead atoms. The van der Waals surface area contributed by atoms with Crippen molar-refractivity contribution in [3.63, 3.8) is 0 Å². The van der Waals surface area contributed by atoms with Gasteiger partial charge in [-0.3, -0.25) is 24.1 Å². The number of aliphatic carboxylic acids is 1. The number of carbonyl (C=O) groups is 3. The summed E-state index contributed by atoms with van der Waals surface area (Å²) in [6, 6.07) is 7.68. The number of fused-ring (bicyclic) bond motifs is 2. The number of para-hydroxylation sites is 1. The number of rotatable bonds is 5. The average molecular weight is 508 g/mol. The fourth-order valence-electron chi connectivity index (χ4n) is 5.42. The summed E-state index contributed by atoms with van der Waals surface area (Å²) in [6.07, 6.45) is 8.34. The quantitative estimate of drug-likeness (QED) is 0.415. The van der Waals surface area contributed by atoms with Crippen LogP contribution in [-0.4, -0.2) is 57.8 Å². The van der Waals surface area contributed by atoms with Gasteiger partial charge < -0.3 is 20.1 Å². The lowest BCUT2D eigenvalue weighted by molar-refractivity contribution is -0.145. The predicted octanol–water partition coefficient (Wildman–Crippen LogP) is 2.53. The lowest BCUT2D eigenvalue weighted by Crippen LogP contribution is -2.76. The normalized spacial score (nSPS) is 24.9. The molecule has 1 fully saturated rings. The maximum atomic E-state index is 13.8. The first-order chi connectivity index (χ1) is 17.5. The Balaban J connectivity index is 0.000000747. The van der Waals surface area contributed by atoms with Gasteiger partial charge in [-0.1, -0.05) is 38.1 Å². The fourth-order valence-corrected chi connectivity index (χ4v) is 5.42. The first kappa shape index (κ1) is 25.7. The third-order valence-electron chi connectivity index (χ3n) is 6.97. The minimum absolute atomic E-state index is 0.123. The molecule has 0 unspecified atom stereocenters. The van der Waals surface area contributed by atoms with Crippen LogP contribution < -0.4 is 10.4 Å². The van der Waals surface area contributed by atoms with Crippen LogP contribution in [0.15, 0.2) is 67.0 Å². The summed E-state index contributed by atoms with van der Waals surface area (Å²) in [5.74, 6) is -3.06. The number of H-pyrrole nitrogens is 1. The molecule has 0 aliphatic carbocycles. The highest BCUT2D eigenvalue weighted by molar-refractivity contribution is 6.10. The number of nitrogens with zero attached hydrogens (tertiary/aromatic N) is 3. The second-order valence-corrected chi connectivity index (χ2v) is 9.25. The van der Waals surface area contributed by atoms with Crippen LogP contribution in [0.3, 0.4) is 0 Å². The summed E-state index contributed by atoms with van der Waals surface area (Å²) in [7, 11) is 2.96. The molecule has 11 heteroatoms. The van der Waals surface area contributed by atoms with Gasteiger partial charge >= 0.3 is 0 Å². The number of carboxylic acid groups (broad SMARTS) is 1. The molecular weight excluding hydrogens is 478 g/mol. The maximum absolute atomic E-state index is 13.8. The summed E-state index contributed by atoms with van der Waals surface area (Å²) >= 11 is 0. The van der Waals surface area contributed by atoms with E-state index < -0.39 is 34.4 Å². The Hall–Kier alpha value is -4.38. The maximum Gasteiger partial charge on any atom is 0.300 e. The summed E-state index contributed by atoms with van der Waals surface area (Å²) in [4.78, 5) is 50.7. The molecule has 194 valence electrons. The number of hydrogen-bond donors (Lipinski definition) is 3. The van der Waals surface area contributed by atoms with Crippen molar-refractivity contribution >= 4 is 29.5 Å². The van der Waals surface area contributed by atoms with Crippen LogP contribution in [0.2, 0.25) is 0 Å². The number of amides is 2. The van der Waals surface area contributed by atoms with Crippen LogP contribution in [0.5, 0.6) is 0 Å². The van der Waals surface area contributed by atoms with Crippen LogP contribution in [-0.2, 0) is 29.4 Å². The highest BCUT2D eigenvalue weighted by Gasteiger charge is 2.77. The minimum atomic E-state index is -1.44. The average Bonchev–Trinajstić information content (AvgIpc) is 3.53. The number of aromatic amines is 1. The Morgan fingerprint density at radius 2 is 1.92 bits per heavy atom. The smallest absolute Gasteiger partial charge is 0.300 e. The summed E-state index contributed by atoms with van der Waals surface area (Å²) in [6.45, 7) is 9.20. The van der Waals surface area contributed by atoms with Gasteiger partial charge in [-0.05, 0) is 23.8 Å². The number of imidazole rings is 1. The molecule has 0 radical (unpaired) electrons. The number of aromatic nitrogens is 2. The molecule has 4 heterocycles. The topological polar surface area (TPSA) is 137 Å². The molecule has 2 atom stereocenters. The van der Waals surface area contributed by atoms with E-state index in [0.29, 0.717) is 5.69 Å². The minimum Gasteiger partial charge on any atom is -0.491 e. The monoisotopic (exact) mass is 507 g/mol. The van der Waals surface area contributed by atoms with E-state index >= 15 is 0 Å². The zero-order valence-corrected chi connectivity index (χ0v) is 21.2. The third kappa shape index (κ3) is 3.38. The van der Waals surface area contributed by atoms with E-state index in [2.05, 4.69) is 21.9 Å². The van der Waals surface area contributed by atoms with Crippen molar-refractivity contribution in [3.05, 3.63) is 78.2 Å². The number of hydroxylamine groups is 1. The molecule has 11 nitrogen and oxygen atoms in total. The highest BCUT2D eigenvalue weighted by Crippen LogP contribution is 2.65. The second kappa shape index (κ2) is 8.93. The van der Waals surface area contributed by atoms with Crippen LogP contribution in [0.25, 0.3) is 6.08 Å². The number of carboxylic acids is 1. The molecule has 1 aromatic carbocycles. The molecule has 2 aromatic rings. The van der Waals surface area contributed by atoms with Gasteiger partial charge in [-0.25, -0.2) is 10.0 Å². The van der Waals surface area contributed by atoms with Crippen molar-refractivity contribution < 1.29 is 29.1 Å². The third-order valence-corrected chi connectivity index (χ3v) is 6.97. The van der Waals surface area contributed by atoms with E-state index in [1.165, 1.54) is 25.4 Å².